The summed E-state index contributed by atoms with van der Waals surface area (Å²) in [5, 5.41) is 29.4. The Morgan fingerprint density at radius 2 is 1.96 bits per heavy atom. The molecule has 8 nitrogen and oxygen atoms in total. The van der Waals surface area contributed by atoms with Crippen molar-refractivity contribution in [2.45, 2.75) is 26.2 Å². The van der Waals surface area contributed by atoms with Crippen LogP contribution in [0.4, 0.5) is 5.69 Å². The van der Waals surface area contributed by atoms with E-state index in [-0.39, 0.29) is 23.8 Å². The lowest BCUT2D eigenvalue weighted by Crippen LogP contribution is -2.25. The molecule has 1 aromatic rings. The summed E-state index contributed by atoms with van der Waals surface area (Å²) in [5.41, 5.74) is 0.252. The highest BCUT2D eigenvalue weighted by molar-refractivity contribution is 6.70. The second kappa shape index (κ2) is 7.41. The van der Waals surface area contributed by atoms with E-state index < -0.39 is 19.2 Å². The van der Waals surface area contributed by atoms with E-state index in [9.17, 15) is 15.2 Å². The summed E-state index contributed by atoms with van der Waals surface area (Å²) >= 11 is 0. The van der Waals surface area contributed by atoms with Gasteiger partial charge in [-0.25, -0.2) is 0 Å². The van der Waals surface area contributed by atoms with E-state index in [2.05, 4.69) is 11.6 Å². The van der Waals surface area contributed by atoms with E-state index in [4.69, 9.17) is 14.6 Å². The van der Waals surface area contributed by atoms with Gasteiger partial charge in [0.05, 0.1) is 4.92 Å². The van der Waals surface area contributed by atoms with E-state index in [1.165, 1.54) is 24.3 Å². The quantitative estimate of drug-likeness (QED) is 0.201. The summed E-state index contributed by atoms with van der Waals surface area (Å²) in [4.78, 5) is 13.0. The van der Waals surface area contributed by atoms with Gasteiger partial charge in [-0.2, -0.15) is 0 Å². The van der Waals surface area contributed by atoms with Gasteiger partial charge in [0.1, 0.15) is 6.61 Å². The Morgan fingerprint density at radius 3 is 2.39 bits per heavy atom. The molecule has 0 atom stereocenters. The van der Waals surface area contributed by atoms with Crippen LogP contribution in [0.2, 0.25) is 19.6 Å². The van der Waals surface area contributed by atoms with Gasteiger partial charge >= 0.3 is 11.6 Å². The summed E-state index contributed by atoms with van der Waals surface area (Å²) in [6.07, 6.45) is 0. The predicted molar refractivity (Wildman–Crippen MR) is 86.2 cm³/mol. The molecule has 0 amide bonds. The number of ether oxygens (including phenoxy) is 1. The van der Waals surface area contributed by atoms with Crippen LogP contribution in [0.25, 0.3) is 4.98 Å². The number of non-ortho nitro benzene ring substituents is 1. The van der Waals surface area contributed by atoms with Crippen molar-refractivity contribution in [1.82, 2.24) is 0 Å². The van der Waals surface area contributed by atoms with Crippen molar-refractivity contribution in [2.24, 2.45) is 0 Å². The second-order valence-electron chi connectivity index (χ2n) is 5.60. The van der Waals surface area contributed by atoms with Crippen LogP contribution in [-0.4, -0.2) is 18.3 Å². The van der Waals surface area contributed by atoms with Crippen molar-refractivity contribution in [3.63, 3.8) is 0 Å². The number of benzene rings is 1. The molecule has 122 valence electrons. The largest absolute Gasteiger partial charge is 0.539 e. The number of nitro benzene ring substituents is 1. The molecule has 0 aliphatic rings. The molecule has 0 unspecified atom stereocenters. The lowest BCUT2D eigenvalue weighted by molar-refractivity contribution is -0.384. The molecule has 0 aliphatic heterocycles. The monoisotopic (exact) mass is 336 g/mol. The minimum absolute atomic E-state index is 0.00728. The van der Waals surface area contributed by atoms with Gasteiger partial charge < -0.3 is 14.3 Å². The number of nitrogens with zero attached hydrogens (tertiary/aromatic N) is 3. The van der Waals surface area contributed by atoms with Gasteiger partial charge in [0.25, 0.3) is 5.69 Å². The van der Waals surface area contributed by atoms with Crippen molar-refractivity contribution in [3.8, 4) is 0 Å². The van der Waals surface area contributed by atoms with Gasteiger partial charge in [-0.05, 0) is 43.9 Å². The van der Waals surface area contributed by atoms with Crippen LogP contribution in [-0.2, 0) is 15.8 Å². The summed E-state index contributed by atoms with van der Waals surface area (Å²) in [5.74, 6) is -0.637. The highest BCUT2D eigenvalue weighted by Gasteiger charge is 2.30. The summed E-state index contributed by atoms with van der Waals surface area (Å²) < 4.78 is 10.6. The van der Waals surface area contributed by atoms with E-state index in [0.29, 0.717) is 5.56 Å². The Balaban J connectivity index is 2.79. The number of aliphatic hydroxyl groups excluding tert-OH is 1. The van der Waals surface area contributed by atoms with E-state index in [0.717, 1.165) is 0 Å². The van der Waals surface area contributed by atoms with Crippen molar-refractivity contribution in [2.75, 3.05) is 0 Å². The van der Waals surface area contributed by atoms with Crippen molar-refractivity contribution < 1.29 is 19.2 Å². The first-order chi connectivity index (χ1) is 10.6. The molecule has 0 heterocycles. The van der Waals surface area contributed by atoms with E-state index >= 15 is 0 Å². The van der Waals surface area contributed by atoms with Crippen LogP contribution < -0.4 is 0 Å². The van der Waals surface area contributed by atoms with Crippen LogP contribution in [0.3, 0.4) is 0 Å². The van der Waals surface area contributed by atoms with Gasteiger partial charge in [-0.15, -0.1) is 0 Å². The lowest BCUT2D eigenvalue weighted by atomic mass is 10.2. The van der Waals surface area contributed by atoms with Crippen molar-refractivity contribution in [1.29, 1.82) is 5.39 Å². The number of hydrogen-bond donors (Lipinski definition) is 1. The first kappa shape index (κ1) is 18.2. The molecular formula is C14H18N3O5Si+. The average Bonchev–Trinajstić information content (AvgIpc) is 2.44. The molecule has 0 saturated carbocycles. The Bertz CT molecular complexity index is 671. The summed E-state index contributed by atoms with van der Waals surface area (Å²) in [6, 6.07) is 5.64. The molecule has 1 rings (SSSR count). The number of hydrogen-bond acceptors (Lipinski definition) is 6. The zero-order chi connectivity index (χ0) is 17.6. The molecular weight excluding hydrogens is 318 g/mol. The number of aliphatic hydroxyl groups is 1. The van der Waals surface area contributed by atoms with Crippen molar-refractivity contribution in [3.05, 3.63) is 68.9 Å². The molecule has 0 spiro atoms. The van der Waals surface area contributed by atoms with Crippen LogP contribution in [0, 0.1) is 15.5 Å². The van der Waals surface area contributed by atoms with Gasteiger partial charge in [0.2, 0.25) is 19.5 Å². The molecule has 0 aliphatic carbocycles. The fraction of sp³-hybridized carbons (Fsp3) is 0.286. The highest BCUT2D eigenvalue weighted by atomic mass is 28.4. The highest BCUT2D eigenvalue weighted by Crippen LogP contribution is 2.21. The smallest absolute Gasteiger partial charge is 0.503 e. The third-order valence-electron chi connectivity index (χ3n) is 2.52. The van der Waals surface area contributed by atoms with Crippen LogP contribution in [0.5, 0.6) is 0 Å². The Kier molecular flexibility index (Phi) is 5.86. The first-order valence-electron chi connectivity index (χ1n) is 6.67. The number of rotatable bonds is 7. The Morgan fingerprint density at radius 1 is 1.39 bits per heavy atom. The summed E-state index contributed by atoms with van der Waals surface area (Å²) in [7, 11) is -1.98. The molecule has 9 heteroatoms. The maximum absolute atomic E-state index is 10.6. The zero-order valence-electron chi connectivity index (χ0n) is 13.1. The molecule has 1 aromatic carbocycles. The molecule has 0 radical (unpaired) electrons. The molecule has 0 bridgehead atoms. The van der Waals surface area contributed by atoms with E-state index in [1.807, 2.05) is 19.6 Å². The second-order valence-corrected chi connectivity index (χ2v) is 10.0. The zero-order valence-corrected chi connectivity index (χ0v) is 14.1. The Hall–Kier alpha value is -2.86. The molecule has 0 aromatic heterocycles. The maximum Gasteiger partial charge on any atom is 0.503 e. The maximum atomic E-state index is 10.6. The molecule has 0 saturated heterocycles. The first-order valence-corrected chi connectivity index (χ1v) is 10.1. The van der Waals surface area contributed by atoms with Gasteiger partial charge in [-0.1, -0.05) is 0 Å². The normalized spacial score (nSPS) is 11.9. The molecule has 0 fully saturated rings. The topological polar surface area (TPSA) is 110 Å². The molecule has 1 N–H and O–H groups in total. The summed E-state index contributed by atoms with van der Waals surface area (Å²) in [6.45, 7) is 9.25. The third-order valence-corrected chi connectivity index (χ3v) is 3.38. The third kappa shape index (κ3) is 5.80. The van der Waals surface area contributed by atoms with Gasteiger partial charge in [0, 0.05) is 12.1 Å². The average molecular weight is 336 g/mol. The van der Waals surface area contributed by atoms with Crippen molar-refractivity contribution >= 4 is 14.0 Å². The van der Waals surface area contributed by atoms with Crippen LogP contribution in [0.1, 0.15) is 5.56 Å². The minimum atomic E-state index is -1.98. The number of nitro groups is 1. The predicted octanol–water partition coefficient (Wildman–Crippen LogP) is 4.06. The number of diazo groups is 1. The molecule has 23 heavy (non-hydrogen) atoms. The van der Waals surface area contributed by atoms with Crippen LogP contribution >= 0.6 is 0 Å². The minimum Gasteiger partial charge on any atom is -0.539 e. The fourth-order valence-corrected chi connectivity index (χ4v) is 2.41. The van der Waals surface area contributed by atoms with E-state index in [1.54, 1.807) is 0 Å². The van der Waals surface area contributed by atoms with Crippen LogP contribution in [0.15, 0.2) is 48.2 Å². The lowest BCUT2D eigenvalue weighted by Gasteiger charge is -2.17. The fourth-order valence-electron chi connectivity index (χ4n) is 1.57. The van der Waals surface area contributed by atoms with Gasteiger partial charge in [0.15, 0.2) is 4.98 Å². The Labute approximate surface area is 134 Å². The standard InChI is InChI=1S/C14H17N3O5Si/c1-10(22-23(2,3)4)13(16-15)14(18)21-9-11-5-7-12(8-6-11)17(19)20/h5-8H,1,9H2,2-4H3/p+1/b14-13-. The SMILES string of the molecule is C=C(O[Si](C)(C)C)/C([N+]#N)=C(\O)OCc1ccc([N+](=O)[O-])cc1. The van der Waals surface area contributed by atoms with Gasteiger partial charge in [-0.3, -0.25) is 10.1 Å².